The summed E-state index contributed by atoms with van der Waals surface area (Å²) in [7, 11) is 0. The van der Waals surface area contributed by atoms with Crippen molar-refractivity contribution in [3.05, 3.63) is 11.4 Å². The van der Waals surface area contributed by atoms with Crippen molar-refractivity contribution in [2.75, 3.05) is 23.9 Å². The van der Waals surface area contributed by atoms with Crippen LogP contribution in [-0.4, -0.2) is 28.2 Å². The van der Waals surface area contributed by atoms with Gasteiger partial charge in [0.2, 0.25) is 0 Å². The summed E-state index contributed by atoms with van der Waals surface area (Å²) in [4.78, 5) is 8.69. The van der Waals surface area contributed by atoms with Gasteiger partial charge in [-0.15, -0.1) is 0 Å². The molecule has 0 aromatic carbocycles. The molecule has 1 aromatic heterocycles. The Hall–Kier alpha value is -1.40. The van der Waals surface area contributed by atoms with E-state index in [1.165, 1.54) is 0 Å². The highest BCUT2D eigenvalue weighted by atomic mass is 16.3. The van der Waals surface area contributed by atoms with E-state index in [1.54, 1.807) is 0 Å². The number of anilines is 2. The van der Waals surface area contributed by atoms with Crippen molar-refractivity contribution in [3.63, 3.8) is 0 Å². The lowest BCUT2D eigenvalue weighted by atomic mass is 10.2. The number of hydrazine groups is 1. The van der Waals surface area contributed by atoms with Crippen LogP contribution in [0.2, 0.25) is 0 Å². The largest absolute Gasteiger partial charge is 0.396 e. The second-order valence-electron chi connectivity index (χ2n) is 4.13. The molecule has 1 aromatic rings. The van der Waals surface area contributed by atoms with E-state index < -0.39 is 0 Å². The van der Waals surface area contributed by atoms with Gasteiger partial charge in [-0.3, -0.25) is 0 Å². The van der Waals surface area contributed by atoms with E-state index in [-0.39, 0.29) is 12.5 Å². The van der Waals surface area contributed by atoms with Gasteiger partial charge >= 0.3 is 0 Å². The highest BCUT2D eigenvalue weighted by molar-refractivity contribution is 5.56. The minimum Gasteiger partial charge on any atom is -0.396 e. The Kier molecular flexibility index (Phi) is 5.11. The molecular formula is C11H21N5O. The SMILES string of the molecule is CCc1nc(NN)c(C)c(NCC(C)CO)n1. The van der Waals surface area contributed by atoms with Gasteiger partial charge in [0, 0.05) is 25.1 Å². The number of aromatic nitrogens is 2. The zero-order valence-corrected chi connectivity index (χ0v) is 10.6. The first kappa shape index (κ1) is 13.7. The number of nitrogens with one attached hydrogen (secondary N) is 2. The Labute approximate surface area is 102 Å². The minimum atomic E-state index is 0.153. The molecule has 6 heteroatoms. The van der Waals surface area contributed by atoms with Gasteiger partial charge in [0.05, 0.1) is 0 Å². The molecule has 1 atom stereocenters. The summed E-state index contributed by atoms with van der Waals surface area (Å²) in [6, 6.07) is 0. The third-order valence-corrected chi connectivity index (χ3v) is 2.57. The standard InChI is InChI=1S/C11H21N5O/c1-4-9-14-10(13-5-7(2)6-17)8(3)11(15-9)16-12/h7,17H,4-6,12H2,1-3H3,(H2,13,14,15,16). The van der Waals surface area contributed by atoms with Gasteiger partial charge in [0.15, 0.2) is 0 Å². The number of nitrogens with zero attached hydrogens (tertiary/aromatic N) is 2. The Morgan fingerprint density at radius 3 is 2.53 bits per heavy atom. The third kappa shape index (κ3) is 3.54. The molecule has 5 N–H and O–H groups in total. The first-order valence-electron chi connectivity index (χ1n) is 5.81. The minimum absolute atomic E-state index is 0.153. The van der Waals surface area contributed by atoms with Crippen molar-refractivity contribution < 1.29 is 5.11 Å². The molecule has 1 rings (SSSR count). The fourth-order valence-corrected chi connectivity index (χ4v) is 1.37. The first-order chi connectivity index (χ1) is 8.12. The van der Waals surface area contributed by atoms with E-state index in [1.807, 2.05) is 20.8 Å². The van der Waals surface area contributed by atoms with E-state index in [2.05, 4.69) is 20.7 Å². The molecule has 0 spiro atoms. The summed E-state index contributed by atoms with van der Waals surface area (Å²) in [5.74, 6) is 7.74. The summed E-state index contributed by atoms with van der Waals surface area (Å²) in [6.07, 6.45) is 0.749. The normalized spacial score (nSPS) is 12.3. The van der Waals surface area contributed by atoms with Crippen molar-refractivity contribution in [2.24, 2.45) is 11.8 Å². The Morgan fingerprint density at radius 2 is 2.00 bits per heavy atom. The van der Waals surface area contributed by atoms with Crippen LogP contribution < -0.4 is 16.6 Å². The van der Waals surface area contributed by atoms with Crippen molar-refractivity contribution in [2.45, 2.75) is 27.2 Å². The van der Waals surface area contributed by atoms with Crippen LogP contribution in [0.25, 0.3) is 0 Å². The topological polar surface area (TPSA) is 96.1 Å². The average molecular weight is 239 g/mol. The fraction of sp³-hybridized carbons (Fsp3) is 0.636. The van der Waals surface area contributed by atoms with Crippen LogP contribution in [0.15, 0.2) is 0 Å². The van der Waals surface area contributed by atoms with E-state index >= 15 is 0 Å². The Balaban J connectivity index is 2.89. The Bertz CT molecular complexity index is 369. The van der Waals surface area contributed by atoms with E-state index in [9.17, 15) is 0 Å². The lowest BCUT2D eigenvalue weighted by Crippen LogP contribution is -2.18. The van der Waals surface area contributed by atoms with E-state index in [0.29, 0.717) is 12.4 Å². The maximum absolute atomic E-state index is 8.98. The van der Waals surface area contributed by atoms with Crippen LogP contribution in [0.1, 0.15) is 25.2 Å². The van der Waals surface area contributed by atoms with Gasteiger partial charge in [-0.1, -0.05) is 13.8 Å². The van der Waals surface area contributed by atoms with Crippen LogP contribution in [-0.2, 0) is 6.42 Å². The number of aliphatic hydroxyl groups excluding tert-OH is 1. The molecular weight excluding hydrogens is 218 g/mol. The van der Waals surface area contributed by atoms with E-state index in [0.717, 1.165) is 23.6 Å². The Morgan fingerprint density at radius 1 is 1.35 bits per heavy atom. The van der Waals surface area contributed by atoms with Gasteiger partial charge in [-0.25, -0.2) is 15.8 Å². The molecule has 1 heterocycles. The number of hydrogen-bond acceptors (Lipinski definition) is 6. The highest BCUT2D eigenvalue weighted by Crippen LogP contribution is 2.19. The van der Waals surface area contributed by atoms with Crippen LogP contribution >= 0.6 is 0 Å². The zero-order chi connectivity index (χ0) is 12.8. The first-order valence-corrected chi connectivity index (χ1v) is 5.81. The molecule has 6 nitrogen and oxygen atoms in total. The molecule has 0 saturated carbocycles. The number of hydrogen-bond donors (Lipinski definition) is 4. The van der Waals surface area contributed by atoms with Gasteiger partial charge in [-0.05, 0) is 12.8 Å². The summed E-state index contributed by atoms with van der Waals surface area (Å²) in [5, 5.41) is 12.2. The van der Waals surface area contributed by atoms with Crippen LogP contribution in [0, 0.1) is 12.8 Å². The predicted molar refractivity (Wildman–Crippen MR) is 68.7 cm³/mol. The molecule has 0 bridgehead atoms. The molecule has 1 unspecified atom stereocenters. The molecule has 17 heavy (non-hydrogen) atoms. The predicted octanol–water partition coefficient (Wildman–Crippen LogP) is 0.673. The molecule has 0 aliphatic rings. The summed E-state index contributed by atoms with van der Waals surface area (Å²) < 4.78 is 0. The van der Waals surface area contributed by atoms with Gasteiger partial charge in [0.25, 0.3) is 0 Å². The molecule has 0 aliphatic carbocycles. The lowest BCUT2D eigenvalue weighted by Gasteiger charge is -2.15. The van der Waals surface area contributed by atoms with Gasteiger partial charge in [-0.2, -0.15) is 0 Å². The van der Waals surface area contributed by atoms with Crippen LogP contribution in [0.3, 0.4) is 0 Å². The number of aryl methyl sites for hydroxylation is 1. The lowest BCUT2D eigenvalue weighted by molar-refractivity contribution is 0.244. The van der Waals surface area contributed by atoms with Crippen molar-refractivity contribution >= 4 is 11.6 Å². The molecule has 0 fully saturated rings. The number of nitrogens with two attached hydrogens (primary N) is 1. The number of aliphatic hydroxyl groups is 1. The molecule has 0 radical (unpaired) electrons. The van der Waals surface area contributed by atoms with Crippen molar-refractivity contribution in [3.8, 4) is 0 Å². The average Bonchev–Trinajstić information content (AvgIpc) is 2.37. The fourth-order valence-electron chi connectivity index (χ4n) is 1.37. The van der Waals surface area contributed by atoms with Crippen molar-refractivity contribution in [1.82, 2.24) is 9.97 Å². The van der Waals surface area contributed by atoms with Crippen LogP contribution in [0.5, 0.6) is 0 Å². The number of nitrogen functional groups attached to an aromatic ring is 1. The summed E-state index contributed by atoms with van der Waals surface area (Å²) in [6.45, 7) is 6.68. The molecule has 0 saturated heterocycles. The summed E-state index contributed by atoms with van der Waals surface area (Å²) in [5.41, 5.74) is 3.46. The third-order valence-electron chi connectivity index (χ3n) is 2.57. The highest BCUT2D eigenvalue weighted by Gasteiger charge is 2.10. The monoisotopic (exact) mass is 239 g/mol. The summed E-state index contributed by atoms with van der Waals surface area (Å²) >= 11 is 0. The van der Waals surface area contributed by atoms with Crippen LogP contribution in [0.4, 0.5) is 11.6 Å². The van der Waals surface area contributed by atoms with Gasteiger partial charge in [0.1, 0.15) is 17.5 Å². The number of rotatable bonds is 6. The quantitative estimate of drug-likeness (QED) is 0.430. The molecule has 96 valence electrons. The maximum atomic E-state index is 8.98. The second-order valence-corrected chi connectivity index (χ2v) is 4.13. The van der Waals surface area contributed by atoms with Crippen molar-refractivity contribution in [1.29, 1.82) is 0 Å². The zero-order valence-electron chi connectivity index (χ0n) is 10.6. The smallest absolute Gasteiger partial charge is 0.148 e. The van der Waals surface area contributed by atoms with Gasteiger partial charge < -0.3 is 15.8 Å². The molecule has 0 amide bonds. The van der Waals surface area contributed by atoms with E-state index in [4.69, 9.17) is 10.9 Å². The second kappa shape index (κ2) is 6.36. The molecule has 0 aliphatic heterocycles. The maximum Gasteiger partial charge on any atom is 0.148 e.